The van der Waals surface area contributed by atoms with Gasteiger partial charge in [0.15, 0.2) is 11.6 Å². The van der Waals surface area contributed by atoms with Crippen LogP contribution in [0.25, 0.3) is 5.65 Å². The molecular weight excluding hydrogens is 364 g/mol. The topological polar surface area (TPSA) is 89.8 Å². The number of benzene rings is 2. The third kappa shape index (κ3) is 4.90. The lowest BCUT2D eigenvalue weighted by molar-refractivity contribution is 0.483. The van der Waals surface area contributed by atoms with Crippen molar-refractivity contribution in [3.05, 3.63) is 84.8 Å². The number of aryl methyl sites for hydroxylation is 1. The fourth-order valence-electron chi connectivity index (χ4n) is 2.95. The highest BCUT2D eigenvalue weighted by Crippen LogP contribution is 2.23. The maximum atomic E-state index is 6.02. The quantitative estimate of drug-likeness (QED) is 0.286. The van der Waals surface area contributed by atoms with Gasteiger partial charge in [-0.05, 0) is 42.8 Å². The molecule has 0 fully saturated rings. The molecule has 146 valence electrons. The zero-order valence-corrected chi connectivity index (χ0v) is 15.9. The average Bonchev–Trinajstić information content (AvgIpc) is 3.15. The predicted octanol–water partition coefficient (Wildman–Crippen LogP) is 3.88. The highest BCUT2D eigenvalue weighted by atomic mass is 16.5. The number of guanidine groups is 1. The molecule has 7 heteroatoms. The number of para-hydroxylation sites is 1. The molecule has 0 saturated heterocycles. The first-order chi connectivity index (χ1) is 14.3. The molecule has 0 aliphatic rings. The van der Waals surface area contributed by atoms with Crippen molar-refractivity contribution < 1.29 is 4.74 Å². The summed E-state index contributed by atoms with van der Waals surface area (Å²) < 4.78 is 7.83. The Morgan fingerprint density at radius 1 is 0.966 bits per heavy atom. The third-order valence-corrected chi connectivity index (χ3v) is 4.31. The largest absolute Gasteiger partial charge is 0.457 e. The second-order valence-electron chi connectivity index (χ2n) is 6.48. The Labute approximate surface area is 168 Å². The summed E-state index contributed by atoms with van der Waals surface area (Å²) in [5.41, 5.74) is 7.70. The molecule has 0 bridgehead atoms. The van der Waals surface area contributed by atoms with E-state index in [1.54, 1.807) is 0 Å². The molecule has 0 aliphatic carbocycles. The van der Waals surface area contributed by atoms with Crippen molar-refractivity contribution in [3.8, 4) is 11.5 Å². The van der Waals surface area contributed by atoms with Crippen LogP contribution >= 0.6 is 0 Å². The van der Waals surface area contributed by atoms with E-state index in [4.69, 9.17) is 10.5 Å². The number of anilines is 1. The van der Waals surface area contributed by atoms with Crippen molar-refractivity contribution in [1.29, 1.82) is 0 Å². The van der Waals surface area contributed by atoms with Crippen molar-refractivity contribution in [2.45, 2.75) is 12.8 Å². The monoisotopic (exact) mass is 386 g/mol. The zero-order chi connectivity index (χ0) is 19.9. The summed E-state index contributed by atoms with van der Waals surface area (Å²) in [6.45, 7) is 0.598. The van der Waals surface area contributed by atoms with Gasteiger partial charge in [-0.25, -0.2) is 0 Å². The zero-order valence-electron chi connectivity index (χ0n) is 15.9. The third-order valence-electron chi connectivity index (χ3n) is 4.31. The number of pyridine rings is 1. The molecule has 0 spiro atoms. The van der Waals surface area contributed by atoms with Crippen molar-refractivity contribution in [2.75, 3.05) is 11.9 Å². The minimum Gasteiger partial charge on any atom is -0.457 e. The Bertz CT molecular complexity index is 1110. The van der Waals surface area contributed by atoms with Crippen molar-refractivity contribution in [3.63, 3.8) is 0 Å². The number of hydrogen-bond donors (Lipinski definition) is 2. The second kappa shape index (κ2) is 8.88. The molecule has 3 N–H and O–H groups in total. The van der Waals surface area contributed by atoms with E-state index in [-0.39, 0.29) is 0 Å². The lowest BCUT2D eigenvalue weighted by Crippen LogP contribution is -2.22. The van der Waals surface area contributed by atoms with Gasteiger partial charge in [-0.15, -0.1) is 10.2 Å². The summed E-state index contributed by atoms with van der Waals surface area (Å²) in [4.78, 5) is 4.40. The van der Waals surface area contributed by atoms with E-state index in [9.17, 15) is 0 Å². The van der Waals surface area contributed by atoms with Gasteiger partial charge in [-0.3, -0.25) is 9.39 Å². The molecular formula is C22H22N6O. The smallest absolute Gasteiger partial charge is 0.193 e. The number of nitrogens with zero attached hydrogens (tertiary/aromatic N) is 4. The Balaban J connectivity index is 1.30. The van der Waals surface area contributed by atoms with Gasteiger partial charge in [0.25, 0.3) is 0 Å². The van der Waals surface area contributed by atoms with Gasteiger partial charge in [0.2, 0.25) is 0 Å². The molecule has 0 radical (unpaired) electrons. The van der Waals surface area contributed by atoms with E-state index < -0.39 is 0 Å². The Kier molecular flexibility index (Phi) is 5.66. The molecule has 4 rings (SSSR count). The first-order valence-electron chi connectivity index (χ1n) is 9.46. The fourth-order valence-corrected chi connectivity index (χ4v) is 2.95. The molecule has 0 atom stereocenters. The summed E-state index contributed by atoms with van der Waals surface area (Å²) in [5.74, 6) is 2.81. The first kappa shape index (κ1) is 18.5. The SMILES string of the molecule is NC(=NCCCc1nnc2ccccn12)Nc1cccc(Oc2ccccc2)c1. The average molecular weight is 386 g/mol. The van der Waals surface area contributed by atoms with E-state index in [1.165, 1.54) is 0 Å². The number of nitrogens with one attached hydrogen (secondary N) is 1. The molecule has 0 unspecified atom stereocenters. The minimum atomic E-state index is 0.368. The molecule has 0 aliphatic heterocycles. The van der Waals surface area contributed by atoms with Crippen LogP contribution in [0, 0.1) is 0 Å². The summed E-state index contributed by atoms with van der Waals surface area (Å²) in [6.07, 6.45) is 3.58. The Hall–Kier alpha value is -3.87. The summed E-state index contributed by atoms with van der Waals surface area (Å²) >= 11 is 0. The van der Waals surface area contributed by atoms with Crippen LogP contribution in [-0.4, -0.2) is 27.1 Å². The number of hydrogen-bond acceptors (Lipinski definition) is 4. The predicted molar refractivity (Wildman–Crippen MR) is 114 cm³/mol. The summed E-state index contributed by atoms with van der Waals surface area (Å²) in [6, 6.07) is 23.1. The van der Waals surface area contributed by atoms with E-state index in [1.807, 2.05) is 83.4 Å². The van der Waals surface area contributed by atoms with E-state index >= 15 is 0 Å². The standard InChI is InChI=1S/C22H22N6O/c23-22(24-14-7-13-21-27-26-20-12-4-5-15-28(20)21)25-17-8-6-11-19(16-17)29-18-9-2-1-3-10-18/h1-6,8-12,15-16H,7,13-14H2,(H3,23,24,25). The highest BCUT2D eigenvalue weighted by Gasteiger charge is 2.04. The number of aliphatic imine (C=N–C) groups is 1. The number of fused-ring (bicyclic) bond motifs is 1. The van der Waals surface area contributed by atoms with Gasteiger partial charge in [0.1, 0.15) is 17.3 Å². The number of nitrogens with two attached hydrogens (primary N) is 1. The highest BCUT2D eigenvalue weighted by molar-refractivity contribution is 5.92. The molecule has 29 heavy (non-hydrogen) atoms. The maximum absolute atomic E-state index is 6.02. The first-order valence-corrected chi connectivity index (χ1v) is 9.46. The number of rotatable bonds is 7. The van der Waals surface area contributed by atoms with Crippen LogP contribution in [0.5, 0.6) is 11.5 Å². The van der Waals surface area contributed by atoms with Gasteiger partial charge >= 0.3 is 0 Å². The molecule has 0 saturated carbocycles. The van der Waals surface area contributed by atoms with Crippen molar-refractivity contribution in [2.24, 2.45) is 10.7 Å². The lowest BCUT2D eigenvalue weighted by atomic mass is 10.3. The molecule has 4 aromatic rings. The van der Waals surface area contributed by atoms with Gasteiger partial charge < -0.3 is 15.8 Å². The van der Waals surface area contributed by atoms with E-state index in [0.717, 1.165) is 41.5 Å². The van der Waals surface area contributed by atoms with Crippen molar-refractivity contribution >= 4 is 17.3 Å². The second-order valence-corrected chi connectivity index (χ2v) is 6.48. The molecule has 0 amide bonds. The van der Waals surface area contributed by atoms with Gasteiger partial charge in [0.05, 0.1) is 0 Å². The molecule has 2 aromatic heterocycles. The van der Waals surface area contributed by atoms with Gasteiger partial charge in [-0.1, -0.05) is 30.3 Å². The molecule has 7 nitrogen and oxygen atoms in total. The normalized spacial score (nSPS) is 11.5. The summed E-state index contributed by atoms with van der Waals surface area (Å²) in [7, 11) is 0. The number of ether oxygens (including phenoxy) is 1. The maximum Gasteiger partial charge on any atom is 0.193 e. The lowest BCUT2D eigenvalue weighted by Gasteiger charge is -2.09. The minimum absolute atomic E-state index is 0.368. The fraction of sp³-hybridized carbons (Fsp3) is 0.136. The van der Waals surface area contributed by atoms with E-state index in [2.05, 4.69) is 20.5 Å². The molecule has 2 heterocycles. The van der Waals surface area contributed by atoms with Crippen LogP contribution in [0.3, 0.4) is 0 Å². The van der Waals surface area contributed by atoms with E-state index in [0.29, 0.717) is 12.5 Å². The van der Waals surface area contributed by atoms with Crippen LogP contribution < -0.4 is 15.8 Å². The Morgan fingerprint density at radius 3 is 2.69 bits per heavy atom. The summed E-state index contributed by atoms with van der Waals surface area (Å²) in [5, 5.41) is 11.5. The van der Waals surface area contributed by atoms with Crippen LogP contribution in [0.1, 0.15) is 12.2 Å². The van der Waals surface area contributed by atoms with Crippen molar-refractivity contribution in [1.82, 2.24) is 14.6 Å². The Morgan fingerprint density at radius 2 is 1.79 bits per heavy atom. The van der Waals surface area contributed by atoms with Crippen LogP contribution in [-0.2, 0) is 6.42 Å². The van der Waals surface area contributed by atoms with Crippen LogP contribution in [0.4, 0.5) is 5.69 Å². The molecule has 2 aromatic carbocycles. The van der Waals surface area contributed by atoms with Crippen LogP contribution in [0.2, 0.25) is 0 Å². The van der Waals surface area contributed by atoms with Crippen LogP contribution in [0.15, 0.2) is 84.0 Å². The number of aromatic nitrogens is 3. The van der Waals surface area contributed by atoms with Gasteiger partial charge in [0, 0.05) is 30.9 Å². The van der Waals surface area contributed by atoms with Gasteiger partial charge in [-0.2, -0.15) is 0 Å².